The molecule has 82 valence electrons. The van der Waals surface area contributed by atoms with E-state index >= 15 is 0 Å². The predicted molar refractivity (Wildman–Crippen MR) is 67.0 cm³/mol. The zero-order valence-corrected chi connectivity index (χ0v) is 9.09. The molecule has 3 rings (SSSR count). The van der Waals surface area contributed by atoms with E-state index in [9.17, 15) is 4.79 Å². The molecule has 0 saturated heterocycles. The Morgan fingerprint density at radius 2 is 1.71 bits per heavy atom. The van der Waals surface area contributed by atoms with Crippen LogP contribution >= 0.6 is 0 Å². The van der Waals surface area contributed by atoms with E-state index in [0.29, 0.717) is 12.0 Å². The Morgan fingerprint density at radius 3 is 2.47 bits per heavy atom. The SMILES string of the molecule is O=Cc1ccc(-c2ccc3ccccc3c2)o1. The van der Waals surface area contributed by atoms with Gasteiger partial charge in [0.2, 0.25) is 0 Å². The van der Waals surface area contributed by atoms with Crippen molar-refractivity contribution in [3.05, 3.63) is 60.4 Å². The van der Waals surface area contributed by atoms with Crippen LogP contribution < -0.4 is 0 Å². The lowest BCUT2D eigenvalue weighted by Crippen LogP contribution is -1.76. The summed E-state index contributed by atoms with van der Waals surface area (Å²) in [5, 5.41) is 2.35. The number of hydrogen-bond acceptors (Lipinski definition) is 2. The van der Waals surface area contributed by atoms with Gasteiger partial charge in [0, 0.05) is 5.56 Å². The molecule has 0 saturated carbocycles. The Bertz CT molecular complexity index is 680. The molecule has 0 fully saturated rings. The number of rotatable bonds is 2. The molecular formula is C15H10O2. The molecule has 0 aliphatic carbocycles. The topological polar surface area (TPSA) is 30.2 Å². The van der Waals surface area contributed by atoms with Crippen molar-refractivity contribution in [2.24, 2.45) is 0 Å². The third-order valence-corrected chi connectivity index (χ3v) is 2.78. The lowest BCUT2D eigenvalue weighted by Gasteiger charge is -2.00. The molecule has 0 aliphatic rings. The molecule has 0 unspecified atom stereocenters. The van der Waals surface area contributed by atoms with Crippen LogP contribution in [-0.2, 0) is 0 Å². The standard InChI is InChI=1S/C15H10O2/c16-10-14-7-8-15(17-14)13-6-5-11-3-1-2-4-12(11)9-13/h1-10H. The smallest absolute Gasteiger partial charge is 0.185 e. The summed E-state index contributed by atoms with van der Waals surface area (Å²) in [6.45, 7) is 0. The van der Waals surface area contributed by atoms with E-state index in [-0.39, 0.29) is 0 Å². The Balaban J connectivity index is 2.14. The second kappa shape index (κ2) is 3.91. The molecule has 17 heavy (non-hydrogen) atoms. The maximum atomic E-state index is 10.6. The van der Waals surface area contributed by atoms with E-state index in [4.69, 9.17) is 4.42 Å². The summed E-state index contributed by atoms with van der Waals surface area (Å²) in [6, 6.07) is 17.7. The summed E-state index contributed by atoms with van der Waals surface area (Å²) in [7, 11) is 0. The van der Waals surface area contributed by atoms with Crippen molar-refractivity contribution in [3.63, 3.8) is 0 Å². The highest BCUT2D eigenvalue weighted by atomic mass is 16.3. The molecule has 0 bridgehead atoms. The van der Waals surface area contributed by atoms with Gasteiger partial charge in [0.15, 0.2) is 12.0 Å². The second-order valence-corrected chi connectivity index (χ2v) is 3.88. The highest BCUT2D eigenvalue weighted by molar-refractivity contribution is 5.86. The van der Waals surface area contributed by atoms with Crippen LogP contribution in [0, 0.1) is 0 Å². The first-order chi connectivity index (χ1) is 8.36. The number of aldehydes is 1. The van der Waals surface area contributed by atoms with E-state index in [0.717, 1.165) is 16.7 Å². The van der Waals surface area contributed by atoms with E-state index in [2.05, 4.69) is 18.2 Å². The van der Waals surface area contributed by atoms with Gasteiger partial charge in [0.25, 0.3) is 0 Å². The molecule has 2 nitrogen and oxygen atoms in total. The van der Waals surface area contributed by atoms with Gasteiger partial charge in [0.05, 0.1) is 0 Å². The number of carbonyl (C=O) groups is 1. The molecule has 0 radical (unpaired) electrons. The molecule has 2 heteroatoms. The molecule has 0 spiro atoms. The van der Waals surface area contributed by atoms with Gasteiger partial charge in [-0.05, 0) is 29.0 Å². The van der Waals surface area contributed by atoms with Crippen molar-refractivity contribution in [2.75, 3.05) is 0 Å². The lowest BCUT2D eigenvalue weighted by molar-refractivity contribution is 0.110. The van der Waals surface area contributed by atoms with Crippen molar-refractivity contribution >= 4 is 17.1 Å². The van der Waals surface area contributed by atoms with Crippen molar-refractivity contribution < 1.29 is 9.21 Å². The van der Waals surface area contributed by atoms with Gasteiger partial charge in [-0.3, -0.25) is 4.79 Å². The second-order valence-electron chi connectivity index (χ2n) is 3.88. The van der Waals surface area contributed by atoms with E-state index in [1.54, 1.807) is 6.07 Å². The van der Waals surface area contributed by atoms with Gasteiger partial charge >= 0.3 is 0 Å². The molecule has 2 aromatic carbocycles. The van der Waals surface area contributed by atoms with Crippen LogP contribution in [0.3, 0.4) is 0 Å². The van der Waals surface area contributed by atoms with Crippen LogP contribution in [0.25, 0.3) is 22.1 Å². The highest BCUT2D eigenvalue weighted by Crippen LogP contribution is 2.25. The zero-order chi connectivity index (χ0) is 11.7. The highest BCUT2D eigenvalue weighted by Gasteiger charge is 2.04. The van der Waals surface area contributed by atoms with E-state index in [1.165, 1.54) is 5.39 Å². The van der Waals surface area contributed by atoms with Gasteiger partial charge in [-0.1, -0.05) is 36.4 Å². The molecule has 0 N–H and O–H groups in total. The van der Waals surface area contributed by atoms with Crippen LogP contribution in [0.4, 0.5) is 0 Å². The molecule has 0 aliphatic heterocycles. The number of fused-ring (bicyclic) bond motifs is 1. The minimum absolute atomic E-state index is 0.355. The zero-order valence-electron chi connectivity index (χ0n) is 9.09. The van der Waals surface area contributed by atoms with Gasteiger partial charge in [0.1, 0.15) is 5.76 Å². The molecule has 1 heterocycles. The average molecular weight is 222 g/mol. The van der Waals surface area contributed by atoms with Crippen molar-refractivity contribution in [2.45, 2.75) is 0 Å². The summed E-state index contributed by atoms with van der Waals surface area (Å²) >= 11 is 0. The number of furan rings is 1. The third kappa shape index (κ3) is 1.74. The number of carbonyl (C=O) groups excluding carboxylic acids is 1. The fourth-order valence-corrected chi connectivity index (χ4v) is 1.91. The molecule has 3 aromatic rings. The van der Waals surface area contributed by atoms with Crippen LogP contribution in [0.5, 0.6) is 0 Å². The molecule has 1 aromatic heterocycles. The average Bonchev–Trinajstić information content (AvgIpc) is 2.87. The van der Waals surface area contributed by atoms with Crippen LogP contribution in [0.1, 0.15) is 10.6 Å². The number of hydrogen-bond donors (Lipinski definition) is 0. The van der Waals surface area contributed by atoms with Crippen LogP contribution in [0.2, 0.25) is 0 Å². The van der Waals surface area contributed by atoms with Crippen molar-refractivity contribution in [3.8, 4) is 11.3 Å². The summed E-state index contributed by atoms with van der Waals surface area (Å²) in [4.78, 5) is 10.6. The Morgan fingerprint density at radius 1 is 0.882 bits per heavy atom. The van der Waals surface area contributed by atoms with Crippen molar-refractivity contribution in [1.29, 1.82) is 0 Å². The maximum Gasteiger partial charge on any atom is 0.185 e. The Labute approximate surface area is 98.5 Å². The normalized spacial score (nSPS) is 10.6. The summed E-state index contributed by atoms with van der Waals surface area (Å²) in [6.07, 6.45) is 0.713. The quantitative estimate of drug-likeness (QED) is 0.615. The first-order valence-corrected chi connectivity index (χ1v) is 5.41. The predicted octanol–water partition coefficient (Wildman–Crippen LogP) is 3.91. The monoisotopic (exact) mass is 222 g/mol. The Hall–Kier alpha value is -2.35. The summed E-state index contributed by atoms with van der Waals surface area (Å²) < 4.78 is 5.40. The molecule has 0 amide bonds. The molecular weight excluding hydrogens is 212 g/mol. The summed E-state index contributed by atoms with van der Waals surface area (Å²) in [5.41, 5.74) is 0.983. The van der Waals surface area contributed by atoms with E-state index < -0.39 is 0 Å². The van der Waals surface area contributed by atoms with Crippen molar-refractivity contribution in [1.82, 2.24) is 0 Å². The van der Waals surface area contributed by atoms with Gasteiger partial charge in [-0.25, -0.2) is 0 Å². The fourth-order valence-electron chi connectivity index (χ4n) is 1.91. The van der Waals surface area contributed by atoms with Gasteiger partial charge in [-0.2, -0.15) is 0 Å². The van der Waals surface area contributed by atoms with Gasteiger partial charge < -0.3 is 4.42 Å². The minimum atomic E-state index is 0.355. The third-order valence-electron chi connectivity index (χ3n) is 2.78. The largest absolute Gasteiger partial charge is 0.453 e. The maximum absolute atomic E-state index is 10.6. The summed E-state index contributed by atoms with van der Waals surface area (Å²) in [5.74, 6) is 1.08. The Kier molecular flexibility index (Phi) is 2.26. The van der Waals surface area contributed by atoms with Crippen LogP contribution in [-0.4, -0.2) is 6.29 Å². The first kappa shape index (κ1) is 9.85. The first-order valence-electron chi connectivity index (χ1n) is 5.41. The van der Waals surface area contributed by atoms with Crippen LogP contribution in [0.15, 0.2) is 59.0 Å². The molecule has 0 atom stereocenters. The van der Waals surface area contributed by atoms with Gasteiger partial charge in [-0.15, -0.1) is 0 Å². The van der Waals surface area contributed by atoms with E-state index in [1.807, 2.05) is 30.3 Å². The number of benzene rings is 2. The minimum Gasteiger partial charge on any atom is -0.453 e. The lowest BCUT2D eigenvalue weighted by atomic mass is 10.1. The fraction of sp³-hybridized carbons (Fsp3) is 0.